The second-order valence-electron chi connectivity index (χ2n) is 8.39. The van der Waals surface area contributed by atoms with E-state index in [1.54, 1.807) is 13.2 Å². The van der Waals surface area contributed by atoms with Crippen molar-refractivity contribution in [3.05, 3.63) is 29.3 Å². The smallest absolute Gasteiger partial charge is 0.115 e. The normalized spacial score (nSPS) is 43.8. The fraction of sp³-hybridized carbons (Fsp3) is 0.700. The Bertz CT molecular complexity index is 630. The van der Waals surface area contributed by atoms with Gasteiger partial charge in [0.15, 0.2) is 0 Å². The van der Waals surface area contributed by atoms with Gasteiger partial charge in [-0.05, 0) is 78.0 Å². The lowest BCUT2D eigenvalue weighted by molar-refractivity contribution is -0.0782. The predicted molar refractivity (Wildman–Crippen MR) is 90.9 cm³/mol. The number of hydrogen-bond acceptors (Lipinski definition) is 4. The molecule has 0 spiro atoms. The number of aromatic hydroxyl groups is 1. The first-order valence-electron chi connectivity index (χ1n) is 9.12. The van der Waals surface area contributed by atoms with Crippen LogP contribution in [0.25, 0.3) is 0 Å². The Morgan fingerprint density at radius 2 is 2.08 bits per heavy atom. The van der Waals surface area contributed by atoms with Gasteiger partial charge in [-0.25, -0.2) is 0 Å². The van der Waals surface area contributed by atoms with Crippen LogP contribution in [0, 0.1) is 23.2 Å². The van der Waals surface area contributed by atoms with Crippen LogP contribution in [0.2, 0.25) is 0 Å². The zero-order valence-electron chi connectivity index (χ0n) is 14.5. The largest absolute Gasteiger partial charge is 0.508 e. The number of ether oxygens (including phenoxy) is 1. The number of rotatable bonds is 2. The summed E-state index contributed by atoms with van der Waals surface area (Å²) in [5.41, 5.74) is 2.36. The highest BCUT2D eigenvalue weighted by molar-refractivity contribution is 5.40. The van der Waals surface area contributed by atoms with E-state index in [0.29, 0.717) is 42.4 Å². The Labute approximate surface area is 143 Å². The average Bonchev–Trinajstić information content (AvgIpc) is 2.78. The van der Waals surface area contributed by atoms with Gasteiger partial charge in [-0.15, -0.1) is 0 Å². The first-order valence-corrected chi connectivity index (χ1v) is 9.12. The molecule has 0 saturated heterocycles. The highest BCUT2D eigenvalue weighted by Gasteiger charge is 2.60. The maximum Gasteiger partial charge on any atom is 0.115 e. The molecule has 0 bridgehead atoms. The Hall–Kier alpha value is -1.10. The second kappa shape index (κ2) is 5.72. The van der Waals surface area contributed by atoms with E-state index in [4.69, 9.17) is 4.74 Å². The number of methoxy groups -OCH3 is 1. The van der Waals surface area contributed by atoms with Crippen LogP contribution >= 0.6 is 0 Å². The summed E-state index contributed by atoms with van der Waals surface area (Å²) >= 11 is 0. The van der Waals surface area contributed by atoms with E-state index >= 15 is 0 Å². The van der Waals surface area contributed by atoms with E-state index in [2.05, 4.69) is 13.0 Å². The molecule has 1 aromatic rings. The lowest BCUT2D eigenvalue weighted by Gasteiger charge is -2.53. The van der Waals surface area contributed by atoms with Crippen LogP contribution < -0.4 is 0 Å². The van der Waals surface area contributed by atoms with Crippen LogP contribution in [0.3, 0.4) is 0 Å². The molecule has 3 aliphatic rings. The lowest BCUT2D eigenvalue weighted by Crippen LogP contribution is -2.49. The van der Waals surface area contributed by atoms with Gasteiger partial charge in [0.05, 0.1) is 12.2 Å². The van der Waals surface area contributed by atoms with Crippen molar-refractivity contribution in [2.24, 2.45) is 23.2 Å². The third-order valence-electron chi connectivity index (χ3n) is 7.18. The Balaban J connectivity index is 1.77. The molecule has 1 aromatic carbocycles. The predicted octanol–water partition coefficient (Wildman–Crippen LogP) is 2.45. The van der Waals surface area contributed by atoms with Crippen molar-refractivity contribution < 1.29 is 20.1 Å². The van der Waals surface area contributed by atoms with Crippen LogP contribution in [0.5, 0.6) is 5.75 Å². The fourth-order valence-corrected chi connectivity index (χ4v) is 6.24. The third-order valence-corrected chi connectivity index (χ3v) is 7.18. The molecule has 24 heavy (non-hydrogen) atoms. The van der Waals surface area contributed by atoms with Crippen molar-refractivity contribution in [2.75, 3.05) is 13.7 Å². The first-order chi connectivity index (χ1) is 11.5. The molecule has 4 rings (SSSR count). The van der Waals surface area contributed by atoms with Crippen LogP contribution in [-0.4, -0.2) is 41.2 Å². The van der Waals surface area contributed by atoms with Crippen molar-refractivity contribution >= 4 is 0 Å². The molecule has 0 aliphatic heterocycles. The summed E-state index contributed by atoms with van der Waals surface area (Å²) in [6, 6.07) is 5.77. The van der Waals surface area contributed by atoms with E-state index < -0.39 is 12.2 Å². The number of benzene rings is 1. The molecular weight excluding hydrogens is 304 g/mol. The molecule has 132 valence electrons. The summed E-state index contributed by atoms with van der Waals surface area (Å²) in [6.45, 7) is 2.83. The van der Waals surface area contributed by atoms with Gasteiger partial charge in [-0.3, -0.25) is 0 Å². The second-order valence-corrected chi connectivity index (χ2v) is 8.39. The van der Waals surface area contributed by atoms with Crippen molar-refractivity contribution in [2.45, 2.75) is 50.7 Å². The SMILES string of the molecule is COC[C@H]1C[C@]2(C)[C@@H](O)[C@H](O)C[C@H]2[C@@H]2CCc3cc(O)ccc3[C@@H]12. The number of aryl methyl sites for hydroxylation is 1. The summed E-state index contributed by atoms with van der Waals surface area (Å²) in [6.07, 6.45) is 2.36. The number of aliphatic hydroxyl groups excluding tert-OH is 2. The summed E-state index contributed by atoms with van der Waals surface area (Å²) in [7, 11) is 1.74. The van der Waals surface area contributed by atoms with E-state index in [1.807, 2.05) is 6.07 Å². The van der Waals surface area contributed by atoms with Crippen LogP contribution in [0.1, 0.15) is 43.2 Å². The monoisotopic (exact) mass is 332 g/mol. The summed E-state index contributed by atoms with van der Waals surface area (Å²) < 4.78 is 5.53. The van der Waals surface area contributed by atoms with E-state index in [0.717, 1.165) is 19.3 Å². The maximum atomic E-state index is 10.6. The number of phenolic OH excluding ortho intramolecular Hbond substituents is 1. The minimum absolute atomic E-state index is 0.224. The van der Waals surface area contributed by atoms with Crippen molar-refractivity contribution in [1.82, 2.24) is 0 Å². The van der Waals surface area contributed by atoms with Gasteiger partial charge in [0.2, 0.25) is 0 Å². The molecule has 0 heterocycles. The van der Waals surface area contributed by atoms with E-state index in [9.17, 15) is 15.3 Å². The van der Waals surface area contributed by atoms with Gasteiger partial charge in [0.1, 0.15) is 5.75 Å². The van der Waals surface area contributed by atoms with Gasteiger partial charge in [-0.2, -0.15) is 0 Å². The van der Waals surface area contributed by atoms with E-state index in [1.165, 1.54) is 11.1 Å². The first kappa shape index (κ1) is 16.4. The van der Waals surface area contributed by atoms with Crippen molar-refractivity contribution in [1.29, 1.82) is 0 Å². The number of fused-ring (bicyclic) bond motifs is 5. The van der Waals surface area contributed by atoms with Crippen LogP contribution in [0.4, 0.5) is 0 Å². The standard InChI is InChI=1S/C20H28O4/c1-20-9-12(10-24-2)18-14-6-4-13(21)7-11(14)3-5-15(18)16(20)8-17(22)19(20)23/h4,6-7,12,15-19,21-23H,3,5,8-10H2,1-2H3/t12-,15+,16+,17-,18-,19+,20+/m1/s1. The average molecular weight is 332 g/mol. The quantitative estimate of drug-likeness (QED) is 0.778. The maximum absolute atomic E-state index is 10.6. The van der Waals surface area contributed by atoms with Crippen molar-refractivity contribution in [3.63, 3.8) is 0 Å². The van der Waals surface area contributed by atoms with Gasteiger partial charge >= 0.3 is 0 Å². The Morgan fingerprint density at radius 1 is 1.29 bits per heavy atom. The van der Waals surface area contributed by atoms with E-state index in [-0.39, 0.29) is 5.41 Å². The molecule has 3 N–H and O–H groups in total. The molecule has 7 atom stereocenters. The Kier molecular flexibility index (Phi) is 3.90. The van der Waals surface area contributed by atoms with Gasteiger partial charge in [0, 0.05) is 13.7 Å². The summed E-state index contributed by atoms with van der Waals surface area (Å²) in [5, 5.41) is 30.8. The van der Waals surface area contributed by atoms with Gasteiger partial charge < -0.3 is 20.1 Å². The fourth-order valence-electron chi connectivity index (χ4n) is 6.24. The highest BCUT2D eigenvalue weighted by atomic mass is 16.5. The number of hydrogen-bond donors (Lipinski definition) is 3. The third kappa shape index (κ3) is 2.23. The topological polar surface area (TPSA) is 69.9 Å². The van der Waals surface area contributed by atoms with Crippen LogP contribution in [0.15, 0.2) is 18.2 Å². The minimum Gasteiger partial charge on any atom is -0.508 e. The number of phenols is 1. The lowest BCUT2D eigenvalue weighted by atomic mass is 9.52. The summed E-state index contributed by atoms with van der Waals surface area (Å²) in [5.74, 6) is 1.88. The molecule has 4 heteroatoms. The molecule has 3 aliphatic carbocycles. The molecular formula is C20H28O4. The van der Waals surface area contributed by atoms with Crippen LogP contribution in [-0.2, 0) is 11.2 Å². The number of aliphatic hydroxyl groups is 2. The molecule has 2 saturated carbocycles. The zero-order valence-corrected chi connectivity index (χ0v) is 14.5. The summed E-state index contributed by atoms with van der Waals surface area (Å²) in [4.78, 5) is 0. The van der Waals surface area contributed by atoms with Crippen molar-refractivity contribution in [3.8, 4) is 5.75 Å². The van der Waals surface area contributed by atoms with Gasteiger partial charge in [0.25, 0.3) is 0 Å². The molecule has 0 amide bonds. The van der Waals surface area contributed by atoms with Gasteiger partial charge in [-0.1, -0.05) is 13.0 Å². The molecule has 0 radical (unpaired) electrons. The molecule has 2 fully saturated rings. The molecule has 4 nitrogen and oxygen atoms in total. The molecule has 0 aromatic heterocycles. The zero-order chi connectivity index (χ0) is 17.1. The highest BCUT2D eigenvalue weighted by Crippen LogP contribution is 2.62. The molecule has 0 unspecified atom stereocenters. The Morgan fingerprint density at radius 3 is 2.83 bits per heavy atom. The minimum atomic E-state index is -0.635.